The van der Waals surface area contributed by atoms with E-state index in [9.17, 15) is 19.2 Å². The molecular weight excluding hydrogens is 546 g/mol. The van der Waals surface area contributed by atoms with Crippen LogP contribution in [0.3, 0.4) is 0 Å². The predicted octanol–water partition coefficient (Wildman–Crippen LogP) is 4.04. The topological polar surface area (TPSA) is 133 Å². The molecule has 3 atom stereocenters. The van der Waals surface area contributed by atoms with Gasteiger partial charge in [0, 0.05) is 18.5 Å². The van der Waals surface area contributed by atoms with Gasteiger partial charge in [0.1, 0.15) is 23.8 Å². The quantitative estimate of drug-likeness (QED) is 0.186. The number of methoxy groups -OCH3 is 1. The van der Waals surface area contributed by atoms with Gasteiger partial charge in [0.15, 0.2) is 11.5 Å². The van der Waals surface area contributed by atoms with Crippen molar-refractivity contribution in [3.63, 3.8) is 0 Å². The number of benzene rings is 1. The number of allylic oxidation sites excluding steroid dienone is 1. The van der Waals surface area contributed by atoms with Crippen molar-refractivity contribution in [3.05, 3.63) is 35.9 Å². The van der Waals surface area contributed by atoms with Gasteiger partial charge in [-0.3, -0.25) is 9.69 Å². The van der Waals surface area contributed by atoms with Gasteiger partial charge < -0.3 is 33.9 Å². The molecule has 3 amide bonds. The molecule has 1 aromatic rings. The molecule has 0 aliphatic carbocycles. The molecule has 0 unspecified atom stereocenters. The lowest BCUT2D eigenvalue weighted by Crippen LogP contribution is -2.52. The van der Waals surface area contributed by atoms with Crippen LogP contribution in [0.25, 0.3) is 0 Å². The summed E-state index contributed by atoms with van der Waals surface area (Å²) < 4.78 is 27.2. The minimum Gasteiger partial charge on any atom is -0.467 e. The Morgan fingerprint density at radius 1 is 1.14 bits per heavy atom. The van der Waals surface area contributed by atoms with Crippen molar-refractivity contribution < 1.29 is 42.9 Å². The first-order valence-electron chi connectivity index (χ1n) is 14.3. The summed E-state index contributed by atoms with van der Waals surface area (Å²) in [5.74, 6) is 0.203. The molecule has 12 nitrogen and oxygen atoms in total. The van der Waals surface area contributed by atoms with Crippen molar-refractivity contribution in [2.45, 2.75) is 96.2 Å². The van der Waals surface area contributed by atoms with Crippen molar-refractivity contribution in [2.75, 3.05) is 20.4 Å². The Balaban J connectivity index is 1.43. The molecule has 0 aromatic heterocycles. The number of alkyl carbamates (subject to hydrolysis) is 1. The first kappa shape index (κ1) is 31.0. The number of hydrogen-bond donors (Lipinski definition) is 1. The van der Waals surface area contributed by atoms with Gasteiger partial charge in [-0.1, -0.05) is 25.0 Å². The summed E-state index contributed by atoms with van der Waals surface area (Å²) in [6, 6.07) is 1.82. The fourth-order valence-corrected chi connectivity index (χ4v) is 5.40. The molecule has 0 bridgehead atoms. The lowest BCUT2D eigenvalue weighted by atomic mass is 10.1. The lowest BCUT2D eigenvalue weighted by Gasteiger charge is -2.29. The van der Waals surface area contributed by atoms with Crippen LogP contribution < -0.4 is 14.8 Å². The van der Waals surface area contributed by atoms with E-state index in [0.29, 0.717) is 37.4 Å². The normalized spacial score (nSPS) is 19.6. The zero-order chi connectivity index (χ0) is 30.4. The number of nitrogens with one attached hydrogen (secondary N) is 1. The van der Waals surface area contributed by atoms with Gasteiger partial charge in [-0.05, 0) is 51.7 Å². The standard InChI is InChI=1S/C30H41N3O9/c1-6-7-8-9-10-11-22(31-28(36)42-30(2,3)4)26(34)33-16-20(14-23(33)27(35)38-5)41-29(37)32-15-19-12-13-24-25(21(19)17-32)40-18-39-24/h6,12-13,20,22-23H,1,7-11,14-18H2,2-5H3,(H,31,36)/t20-,22+,23+/m1/s1. The molecule has 230 valence electrons. The van der Waals surface area contributed by atoms with E-state index in [-0.39, 0.29) is 19.8 Å². The fraction of sp³-hybridized carbons (Fsp3) is 0.600. The highest BCUT2D eigenvalue weighted by molar-refractivity contribution is 5.90. The Labute approximate surface area is 246 Å². The van der Waals surface area contributed by atoms with Crippen LogP contribution in [0.5, 0.6) is 11.5 Å². The molecule has 12 heteroatoms. The van der Waals surface area contributed by atoms with Crippen LogP contribution in [-0.4, -0.2) is 78.1 Å². The van der Waals surface area contributed by atoms with E-state index in [0.717, 1.165) is 30.4 Å². The number of esters is 1. The van der Waals surface area contributed by atoms with Gasteiger partial charge in [0.05, 0.1) is 20.2 Å². The van der Waals surface area contributed by atoms with Crippen molar-refractivity contribution in [1.29, 1.82) is 0 Å². The van der Waals surface area contributed by atoms with Crippen molar-refractivity contribution in [3.8, 4) is 11.5 Å². The first-order chi connectivity index (χ1) is 20.0. The van der Waals surface area contributed by atoms with E-state index in [2.05, 4.69) is 11.9 Å². The maximum Gasteiger partial charge on any atom is 0.410 e. The van der Waals surface area contributed by atoms with Crippen molar-refractivity contribution in [1.82, 2.24) is 15.1 Å². The predicted molar refractivity (Wildman–Crippen MR) is 151 cm³/mol. The van der Waals surface area contributed by atoms with Crippen LogP contribution in [0, 0.1) is 0 Å². The second-order valence-electron chi connectivity index (χ2n) is 11.7. The summed E-state index contributed by atoms with van der Waals surface area (Å²) in [5.41, 5.74) is 1.06. The number of amides is 3. The molecule has 3 heterocycles. The van der Waals surface area contributed by atoms with Crippen molar-refractivity contribution in [2.24, 2.45) is 0 Å². The minimum atomic E-state index is -0.964. The summed E-state index contributed by atoms with van der Waals surface area (Å²) in [7, 11) is 1.24. The molecule has 1 N–H and O–H groups in total. The average Bonchev–Trinajstić information content (AvgIpc) is 3.68. The third-order valence-corrected chi connectivity index (χ3v) is 7.38. The summed E-state index contributed by atoms with van der Waals surface area (Å²) in [6.07, 6.45) is 3.51. The van der Waals surface area contributed by atoms with Crippen LogP contribution in [0.2, 0.25) is 0 Å². The number of carbonyl (C=O) groups excluding carboxylic acids is 4. The first-order valence-corrected chi connectivity index (χ1v) is 14.3. The van der Waals surface area contributed by atoms with Crippen LogP contribution in [-0.2, 0) is 36.9 Å². The summed E-state index contributed by atoms with van der Waals surface area (Å²) >= 11 is 0. The van der Waals surface area contributed by atoms with Gasteiger partial charge in [-0.2, -0.15) is 0 Å². The molecule has 0 saturated carbocycles. The zero-order valence-electron chi connectivity index (χ0n) is 24.8. The van der Waals surface area contributed by atoms with E-state index >= 15 is 0 Å². The van der Waals surface area contributed by atoms with Crippen LogP contribution in [0.15, 0.2) is 24.8 Å². The molecule has 4 rings (SSSR count). The number of fused-ring (bicyclic) bond motifs is 3. The molecule has 3 aliphatic rings. The Hall–Kier alpha value is -3.96. The van der Waals surface area contributed by atoms with Crippen molar-refractivity contribution >= 4 is 24.1 Å². The zero-order valence-corrected chi connectivity index (χ0v) is 24.8. The molecule has 0 radical (unpaired) electrons. The molecule has 1 fully saturated rings. The van der Waals surface area contributed by atoms with Gasteiger partial charge >= 0.3 is 18.2 Å². The van der Waals surface area contributed by atoms with E-state index in [4.69, 9.17) is 23.7 Å². The molecule has 3 aliphatic heterocycles. The number of carbonyl (C=O) groups is 4. The number of unbranched alkanes of at least 4 members (excludes halogenated alkanes) is 3. The second-order valence-corrected chi connectivity index (χ2v) is 11.7. The Kier molecular flexibility index (Phi) is 9.85. The largest absolute Gasteiger partial charge is 0.467 e. The number of likely N-dealkylation sites (tertiary alicyclic amines) is 1. The summed E-state index contributed by atoms with van der Waals surface area (Å²) in [5, 5.41) is 2.69. The number of nitrogens with zero attached hydrogens (tertiary/aromatic N) is 2. The monoisotopic (exact) mass is 587 g/mol. The van der Waals surface area contributed by atoms with Gasteiger partial charge in [-0.15, -0.1) is 6.58 Å². The SMILES string of the molecule is C=CCCCCC[C@H](NC(=O)OC(C)(C)C)C(=O)N1C[C@H](OC(=O)N2Cc3ccc4c(c3C2)OCO4)C[C@H]1C(=O)OC. The van der Waals surface area contributed by atoms with E-state index in [1.807, 2.05) is 18.2 Å². The Morgan fingerprint density at radius 3 is 2.64 bits per heavy atom. The number of ether oxygens (including phenoxy) is 5. The molecule has 0 spiro atoms. The number of hydrogen-bond acceptors (Lipinski definition) is 9. The fourth-order valence-electron chi connectivity index (χ4n) is 5.40. The Bertz CT molecular complexity index is 1200. The van der Waals surface area contributed by atoms with Crippen LogP contribution in [0.1, 0.15) is 70.4 Å². The van der Waals surface area contributed by atoms with Crippen LogP contribution in [0.4, 0.5) is 9.59 Å². The van der Waals surface area contributed by atoms with Gasteiger partial charge in [0.25, 0.3) is 0 Å². The highest BCUT2D eigenvalue weighted by Crippen LogP contribution is 2.41. The van der Waals surface area contributed by atoms with Gasteiger partial charge in [-0.25, -0.2) is 14.4 Å². The summed E-state index contributed by atoms with van der Waals surface area (Å²) in [4.78, 5) is 55.2. The average molecular weight is 588 g/mol. The van der Waals surface area contributed by atoms with E-state index in [1.54, 1.807) is 25.7 Å². The molecule has 42 heavy (non-hydrogen) atoms. The van der Waals surface area contributed by atoms with E-state index < -0.39 is 47.9 Å². The second kappa shape index (κ2) is 13.3. The molecular formula is C30H41N3O9. The van der Waals surface area contributed by atoms with Gasteiger partial charge in [0.2, 0.25) is 12.7 Å². The Morgan fingerprint density at radius 2 is 1.93 bits per heavy atom. The highest BCUT2D eigenvalue weighted by atomic mass is 16.7. The minimum absolute atomic E-state index is 0.0135. The third kappa shape index (κ3) is 7.46. The van der Waals surface area contributed by atoms with E-state index in [1.165, 1.54) is 12.0 Å². The summed E-state index contributed by atoms with van der Waals surface area (Å²) in [6.45, 7) is 9.69. The third-order valence-electron chi connectivity index (χ3n) is 7.38. The highest BCUT2D eigenvalue weighted by Gasteiger charge is 2.45. The maximum absolute atomic E-state index is 13.8. The number of rotatable bonds is 10. The molecule has 1 saturated heterocycles. The maximum atomic E-state index is 13.8. The lowest BCUT2D eigenvalue weighted by molar-refractivity contribution is -0.151. The van der Waals surface area contributed by atoms with Crippen LogP contribution >= 0.6 is 0 Å². The smallest absolute Gasteiger partial charge is 0.410 e. The molecule has 1 aromatic carbocycles.